The van der Waals surface area contributed by atoms with E-state index in [4.69, 9.17) is 0 Å². The number of anilines is 2. The van der Waals surface area contributed by atoms with Gasteiger partial charge in [0.05, 0.1) is 0 Å². The number of carbonyl (C=O) groups is 1. The fourth-order valence-corrected chi connectivity index (χ4v) is 2.87. The lowest BCUT2D eigenvalue weighted by Gasteiger charge is -2.27. The van der Waals surface area contributed by atoms with Crippen LogP contribution in [0.5, 0.6) is 0 Å². The van der Waals surface area contributed by atoms with E-state index in [0.717, 1.165) is 25.1 Å². The number of amides is 1. The van der Waals surface area contributed by atoms with Crippen molar-refractivity contribution in [1.29, 1.82) is 0 Å². The van der Waals surface area contributed by atoms with Crippen LogP contribution >= 0.6 is 0 Å². The van der Waals surface area contributed by atoms with Gasteiger partial charge in [-0.1, -0.05) is 0 Å². The van der Waals surface area contributed by atoms with Crippen molar-refractivity contribution in [3.8, 4) is 0 Å². The minimum Gasteiger partial charge on any atom is -0.371 e. The molecule has 3 nitrogen and oxygen atoms in total. The molecule has 3 heteroatoms. The summed E-state index contributed by atoms with van der Waals surface area (Å²) in [7, 11) is 0. The van der Waals surface area contributed by atoms with Gasteiger partial charge in [-0.2, -0.15) is 0 Å². The Bertz CT molecular complexity index is 453. The average molecular weight is 216 g/mol. The topological polar surface area (TPSA) is 32.3 Å². The number of hydrogen-bond donors (Lipinski definition) is 1. The Kier molecular flexibility index (Phi) is 2.13. The molecule has 3 rings (SSSR count). The van der Waals surface area contributed by atoms with Crippen LogP contribution in [0.25, 0.3) is 0 Å². The third kappa shape index (κ3) is 1.47. The lowest BCUT2D eigenvalue weighted by Crippen LogP contribution is -2.26. The smallest absolute Gasteiger partial charge is 0.221 e. The van der Waals surface area contributed by atoms with E-state index in [9.17, 15) is 4.79 Å². The second-order valence-corrected chi connectivity index (χ2v) is 4.66. The zero-order valence-electron chi connectivity index (χ0n) is 9.55. The molecule has 0 unspecified atom stereocenters. The fraction of sp³-hybridized carbons (Fsp3) is 0.462. The molecule has 16 heavy (non-hydrogen) atoms. The standard InChI is InChI=1S/C13H16N2O/c1-9(16)14-12-7-10-3-2-5-15-6-4-11(8-12)13(10)15/h7-8H,2-6H2,1H3,(H,14,16). The molecule has 0 bridgehead atoms. The molecule has 2 aliphatic rings. The van der Waals surface area contributed by atoms with Crippen molar-refractivity contribution >= 4 is 17.3 Å². The van der Waals surface area contributed by atoms with Gasteiger partial charge in [-0.3, -0.25) is 4.79 Å². The Labute approximate surface area is 95.4 Å². The number of hydrogen-bond acceptors (Lipinski definition) is 2. The van der Waals surface area contributed by atoms with Crippen LogP contribution in [0, 0.1) is 0 Å². The van der Waals surface area contributed by atoms with E-state index in [1.807, 2.05) is 0 Å². The van der Waals surface area contributed by atoms with E-state index in [1.54, 1.807) is 6.92 Å². The number of benzene rings is 1. The molecule has 1 aromatic rings. The van der Waals surface area contributed by atoms with Crippen LogP contribution in [-0.4, -0.2) is 19.0 Å². The summed E-state index contributed by atoms with van der Waals surface area (Å²) in [5, 5.41) is 2.89. The second-order valence-electron chi connectivity index (χ2n) is 4.66. The monoisotopic (exact) mass is 216 g/mol. The molecule has 1 N–H and O–H groups in total. The Morgan fingerprint density at radius 2 is 2.00 bits per heavy atom. The quantitative estimate of drug-likeness (QED) is 0.778. The molecule has 2 aliphatic heterocycles. The van der Waals surface area contributed by atoms with E-state index < -0.39 is 0 Å². The lowest BCUT2D eigenvalue weighted by molar-refractivity contribution is -0.114. The van der Waals surface area contributed by atoms with E-state index in [-0.39, 0.29) is 5.91 Å². The van der Waals surface area contributed by atoms with Gasteiger partial charge < -0.3 is 10.2 Å². The predicted octanol–water partition coefficient (Wildman–Crippen LogP) is 1.95. The van der Waals surface area contributed by atoms with Gasteiger partial charge in [0.1, 0.15) is 0 Å². The van der Waals surface area contributed by atoms with Crippen LogP contribution in [0.2, 0.25) is 0 Å². The van der Waals surface area contributed by atoms with Crippen molar-refractivity contribution < 1.29 is 4.79 Å². The maximum absolute atomic E-state index is 11.1. The van der Waals surface area contributed by atoms with E-state index in [1.165, 1.54) is 29.8 Å². The molecule has 0 aliphatic carbocycles. The minimum absolute atomic E-state index is 0.0119. The number of rotatable bonds is 1. The molecule has 0 atom stereocenters. The maximum atomic E-state index is 11.1. The van der Waals surface area contributed by atoms with Crippen molar-refractivity contribution in [1.82, 2.24) is 0 Å². The molecule has 2 heterocycles. The highest BCUT2D eigenvalue weighted by Gasteiger charge is 2.25. The maximum Gasteiger partial charge on any atom is 0.221 e. The first-order valence-electron chi connectivity index (χ1n) is 5.92. The fourth-order valence-electron chi connectivity index (χ4n) is 2.87. The first-order valence-corrected chi connectivity index (χ1v) is 5.92. The van der Waals surface area contributed by atoms with Gasteiger partial charge >= 0.3 is 0 Å². The van der Waals surface area contributed by atoms with Crippen molar-refractivity contribution in [2.75, 3.05) is 23.3 Å². The van der Waals surface area contributed by atoms with E-state index >= 15 is 0 Å². The highest BCUT2D eigenvalue weighted by Crippen LogP contribution is 2.38. The summed E-state index contributed by atoms with van der Waals surface area (Å²) in [6.07, 6.45) is 3.50. The van der Waals surface area contributed by atoms with Crippen LogP contribution in [0.15, 0.2) is 12.1 Å². The van der Waals surface area contributed by atoms with Crippen LogP contribution in [-0.2, 0) is 17.6 Å². The van der Waals surface area contributed by atoms with E-state index in [0.29, 0.717) is 0 Å². The first kappa shape index (κ1) is 9.70. The molecule has 0 fully saturated rings. The summed E-state index contributed by atoms with van der Waals surface area (Å²) >= 11 is 0. The minimum atomic E-state index is 0.0119. The Morgan fingerprint density at radius 1 is 1.25 bits per heavy atom. The van der Waals surface area contributed by atoms with Crippen molar-refractivity contribution in [2.24, 2.45) is 0 Å². The highest BCUT2D eigenvalue weighted by atomic mass is 16.1. The Balaban J connectivity index is 2.04. The summed E-state index contributed by atoms with van der Waals surface area (Å²) in [4.78, 5) is 13.5. The number of carbonyl (C=O) groups excluding carboxylic acids is 1. The van der Waals surface area contributed by atoms with Gasteiger partial charge in [0.15, 0.2) is 0 Å². The average Bonchev–Trinajstić information content (AvgIpc) is 2.62. The zero-order chi connectivity index (χ0) is 11.1. The van der Waals surface area contributed by atoms with Crippen LogP contribution in [0.1, 0.15) is 24.5 Å². The largest absolute Gasteiger partial charge is 0.371 e. The van der Waals surface area contributed by atoms with Gasteiger partial charge in [-0.15, -0.1) is 0 Å². The molecular weight excluding hydrogens is 200 g/mol. The third-order valence-corrected chi connectivity index (χ3v) is 3.43. The summed E-state index contributed by atoms with van der Waals surface area (Å²) < 4.78 is 0. The van der Waals surface area contributed by atoms with Gasteiger partial charge in [-0.25, -0.2) is 0 Å². The lowest BCUT2D eigenvalue weighted by atomic mass is 9.99. The van der Waals surface area contributed by atoms with Crippen molar-refractivity contribution in [3.63, 3.8) is 0 Å². The van der Waals surface area contributed by atoms with Gasteiger partial charge in [-0.05, 0) is 42.5 Å². The van der Waals surface area contributed by atoms with E-state index in [2.05, 4.69) is 22.3 Å². The molecule has 84 valence electrons. The summed E-state index contributed by atoms with van der Waals surface area (Å²) in [5.74, 6) is 0.0119. The molecule has 1 amide bonds. The molecule has 0 spiro atoms. The molecular formula is C13H16N2O. The molecule has 0 saturated heterocycles. The van der Waals surface area contributed by atoms with Crippen LogP contribution in [0.4, 0.5) is 11.4 Å². The Hall–Kier alpha value is -1.51. The Morgan fingerprint density at radius 3 is 2.75 bits per heavy atom. The highest BCUT2D eigenvalue weighted by molar-refractivity contribution is 5.89. The molecule has 0 aromatic heterocycles. The summed E-state index contributed by atoms with van der Waals surface area (Å²) in [5.41, 5.74) is 5.22. The SMILES string of the molecule is CC(=O)Nc1cc2c3c(c1)CCN3CCC2. The summed E-state index contributed by atoms with van der Waals surface area (Å²) in [6.45, 7) is 3.90. The van der Waals surface area contributed by atoms with Crippen LogP contribution < -0.4 is 10.2 Å². The van der Waals surface area contributed by atoms with Crippen LogP contribution in [0.3, 0.4) is 0 Å². The van der Waals surface area contributed by atoms with Crippen molar-refractivity contribution in [3.05, 3.63) is 23.3 Å². The number of nitrogens with one attached hydrogen (secondary N) is 1. The molecule has 0 radical (unpaired) electrons. The predicted molar refractivity (Wildman–Crippen MR) is 65.0 cm³/mol. The summed E-state index contributed by atoms with van der Waals surface area (Å²) in [6, 6.07) is 4.27. The molecule has 0 saturated carbocycles. The van der Waals surface area contributed by atoms with Gasteiger partial charge in [0, 0.05) is 31.4 Å². The van der Waals surface area contributed by atoms with Gasteiger partial charge in [0.25, 0.3) is 0 Å². The second kappa shape index (κ2) is 3.51. The normalized spacial score (nSPS) is 17.2. The van der Waals surface area contributed by atoms with Gasteiger partial charge in [0.2, 0.25) is 5.91 Å². The van der Waals surface area contributed by atoms with Crippen molar-refractivity contribution in [2.45, 2.75) is 26.2 Å². The number of nitrogens with zero attached hydrogens (tertiary/aromatic N) is 1. The molecule has 1 aromatic carbocycles. The zero-order valence-corrected chi connectivity index (χ0v) is 9.55. The first-order chi connectivity index (χ1) is 7.74. The number of aryl methyl sites for hydroxylation is 1. The third-order valence-electron chi connectivity index (χ3n) is 3.43.